The number of rotatable bonds is 10. The Kier molecular flexibility index (Phi) is 14.5. The second kappa shape index (κ2) is 20.3. The van der Waals surface area contributed by atoms with E-state index in [0.29, 0.717) is 12.2 Å². The summed E-state index contributed by atoms with van der Waals surface area (Å²) >= 11 is 1.48. The van der Waals surface area contributed by atoms with Crippen molar-refractivity contribution < 1.29 is 33.8 Å². The SMILES string of the molecule is O=C1COc2ccc(cc2)C[C@@H](C(=O)NCCO)CC(=O)[C@H](Cc2ccccc2)NC(=O)[C@@H](Cc2ccc(-c3ccccc3)cc2)NC(=O)[C@H](Cc2cccs2)C1. The molecule has 0 saturated heterocycles. The van der Waals surface area contributed by atoms with Crippen molar-refractivity contribution in [2.45, 2.75) is 50.6 Å². The number of nitrogens with one attached hydrogen (secondary N) is 3. The Bertz CT molecular complexity index is 2090. The summed E-state index contributed by atoms with van der Waals surface area (Å²) in [7, 11) is 0. The number of hydrogen-bond acceptors (Lipinski definition) is 8. The smallest absolute Gasteiger partial charge is 0.243 e. The highest BCUT2D eigenvalue weighted by Gasteiger charge is 2.33. The molecule has 0 fully saturated rings. The van der Waals surface area contributed by atoms with Crippen molar-refractivity contribution in [2.75, 3.05) is 19.8 Å². The van der Waals surface area contributed by atoms with Gasteiger partial charge in [0.1, 0.15) is 18.4 Å². The van der Waals surface area contributed by atoms with Crippen LogP contribution in [-0.4, -0.2) is 66.2 Å². The van der Waals surface area contributed by atoms with Gasteiger partial charge in [-0.25, -0.2) is 0 Å². The van der Waals surface area contributed by atoms with Gasteiger partial charge in [-0.15, -0.1) is 11.3 Å². The predicted octanol–water partition coefficient (Wildman–Crippen LogP) is 5.31. The van der Waals surface area contributed by atoms with E-state index in [9.17, 15) is 29.1 Å². The molecule has 7 rings (SSSR count). The number of benzene rings is 4. The lowest BCUT2D eigenvalue weighted by Crippen LogP contribution is -2.54. The summed E-state index contributed by atoms with van der Waals surface area (Å²) < 4.78 is 5.83. The van der Waals surface area contributed by atoms with Gasteiger partial charge in [-0.05, 0) is 70.7 Å². The number of thiophene rings is 1. The fourth-order valence-corrected chi connectivity index (χ4v) is 7.75. The molecule has 4 aromatic carbocycles. The number of aliphatic hydroxyl groups excluding tert-OH is 1. The molecule has 4 atom stereocenters. The number of hydrogen-bond donors (Lipinski definition) is 4. The van der Waals surface area contributed by atoms with Crippen LogP contribution in [0.25, 0.3) is 11.1 Å². The molecule has 0 radical (unpaired) electrons. The fraction of sp³-hybridized carbons (Fsp3) is 0.283. The fourth-order valence-electron chi connectivity index (χ4n) is 6.97. The van der Waals surface area contributed by atoms with E-state index in [-0.39, 0.29) is 63.4 Å². The van der Waals surface area contributed by atoms with Crippen LogP contribution in [0.15, 0.2) is 127 Å². The maximum Gasteiger partial charge on any atom is 0.243 e. The topological polar surface area (TPSA) is 151 Å². The zero-order valence-corrected chi connectivity index (χ0v) is 32.4. The minimum absolute atomic E-state index is 0.0235. The molecule has 2 aliphatic heterocycles. The largest absolute Gasteiger partial charge is 0.486 e. The van der Waals surface area contributed by atoms with Crippen LogP contribution < -0.4 is 20.7 Å². The van der Waals surface area contributed by atoms with Gasteiger partial charge in [-0.1, -0.05) is 103 Å². The van der Waals surface area contributed by atoms with E-state index in [1.54, 1.807) is 24.3 Å². The Labute approximate surface area is 336 Å². The summed E-state index contributed by atoms with van der Waals surface area (Å²) in [6.45, 7) is -0.497. The first kappa shape index (κ1) is 40.7. The first-order valence-electron chi connectivity index (χ1n) is 19.2. The molecule has 5 aromatic rings. The predicted molar refractivity (Wildman–Crippen MR) is 220 cm³/mol. The van der Waals surface area contributed by atoms with Crippen LogP contribution in [0.4, 0.5) is 0 Å². The number of amides is 3. The van der Waals surface area contributed by atoms with E-state index in [2.05, 4.69) is 16.0 Å². The van der Waals surface area contributed by atoms with E-state index in [4.69, 9.17) is 4.74 Å². The quantitative estimate of drug-likeness (QED) is 0.150. The summed E-state index contributed by atoms with van der Waals surface area (Å²) in [5.41, 5.74) is 4.37. The van der Waals surface area contributed by atoms with Crippen molar-refractivity contribution in [3.8, 4) is 16.9 Å². The molecule has 0 unspecified atom stereocenters. The van der Waals surface area contributed by atoms with Crippen molar-refractivity contribution in [1.29, 1.82) is 0 Å². The van der Waals surface area contributed by atoms with Gasteiger partial charge < -0.3 is 25.8 Å². The van der Waals surface area contributed by atoms with Gasteiger partial charge in [0.15, 0.2) is 11.6 Å². The molecular formula is C46H47N3O7S. The summed E-state index contributed by atoms with van der Waals surface area (Å²) in [6, 6.07) is 35.5. The minimum atomic E-state index is -1.11. The molecule has 4 N–H and O–H groups in total. The molecule has 0 spiro atoms. The van der Waals surface area contributed by atoms with Gasteiger partial charge in [0, 0.05) is 42.5 Å². The third-order valence-corrected chi connectivity index (χ3v) is 10.9. The summed E-state index contributed by atoms with van der Waals surface area (Å²) in [5, 5.41) is 20.0. The van der Waals surface area contributed by atoms with Crippen LogP contribution in [0.3, 0.4) is 0 Å². The molecule has 10 nitrogen and oxygen atoms in total. The Morgan fingerprint density at radius 1 is 0.684 bits per heavy atom. The molecular weight excluding hydrogens is 739 g/mol. The van der Waals surface area contributed by atoms with Crippen LogP contribution in [0.5, 0.6) is 5.75 Å². The normalized spacial score (nSPS) is 19.7. The second-order valence-electron chi connectivity index (χ2n) is 14.3. The van der Waals surface area contributed by atoms with Gasteiger partial charge in [0.2, 0.25) is 17.7 Å². The maximum absolute atomic E-state index is 14.5. The Balaban J connectivity index is 1.35. The van der Waals surface area contributed by atoms with Crippen LogP contribution >= 0.6 is 11.3 Å². The molecule has 2 bridgehead atoms. The van der Waals surface area contributed by atoms with Crippen molar-refractivity contribution in [1.82, 2.24) is 16.0 Å². The average Bonchev–Trinajstić information content (AvgIpc) is 3.75. The van der Waals surface area contributed by atoms with E-state index in [1.807, 2.05) is 102 Å². The van der Waals surface area contributed by atoms with E-state index in [0.717, 1.165) is 32.7 Å². The number of aliphatic hydroxyl groups is 1. The lowest BCUT2D eigenvalue weighted by molar-refractivity contribution is -0.135. The first-order chi connectivity index (χ1) is 27.7. The lowest BCUT2D eigenvalue weighted by atomic mass is 9.89. The molecule has 1 aromatic heterocycles. The number of ether oxygens (including phenoxy) is 1. The number of carbonyl (C=O) groups excluding carboxylic acids is 5. The Morgan fingerprint density at radius 3 is 2.02 bits per heavy atom. The van der Waals surface area contributed by atoms with Crippen LogP contribution in [0, 0.1) is 11.8 Å². The first-order valence-corrected chi connectivity index (χ1v) is 20.1. The zero-order valence-electron chi connectivity index (χ0n) is 31.6. The highest BCUT2D eigenvalue weighted by molar-refractivity contribution is 7.09. The Morgan fingerprint density at radius 2 is 1.33 bits per heavy atom. The van der Waals surface area contributed by atoms with Crippen molar-refractivity contribution in [3.63, 3.8) is 0 Å². The van der Waals surface area contributed by atoms with Gasteiger partial charge in [0.05, 0.1) is 12.6 Å². The van der Waals surface area contributed by atoms with Gasteiger partial charge in [-0.2, -0.15) is 0 Å². The number of carbonyl (C=O) groups is 5. The summed E-state index contributed by atoms with van der Waals surface area (Å²) in [4.78, 5) is 70.8. The van der Waals surface area contributed by atoms with E-state index < -0.39 is 41.6 Å². The molecule has 2 aliphatic rings. The van der Waals surface area contributed by atoms with Crippen molar-refractivity contribution in [2.24, 2.45) is 11.8 Å². The van der Waals surface area contributed by atoms with E-state index in [1.165, 1.54) is 11.3 Å². The number of Topliss-reactive ketones (excluding diaryl/α,β-unsaturated/α-hetero) is 2. The molecule has 57 heavy (non-hydrogen) atoms. The second-order valence-corrected chi connectivity index (χ2v) is 15.4. The Hall–Kier alpha value is -5.91. The van der Waals surface area contributed by atoms with Crippen LogP contribution in [-0.2, 0) is 49.7 Å². The highest BCUT2D eigenvalue weighted by Crippen LogP contribution is 2.23. The lowest BCUT2D eigenvalue weighted by Gasteiger charge is -2.26. The monoisotopic (exact) mass is 785 g/mol. The van der Waals surface area contributed by atoms with Gasteiger partial charge >= 0.3 is 0 Å². The highest BCUT2D eigenvalue weighted by atomic mass is 32.1. The maximum atomic E-state index is 14.5. The molecule has 3 amide bonds. The summed E-state index contributed by atoms with van der Waals surface area (Å²) in [6.07, 6.45) is 0.464. The molecule has 3 heterocycles. The van der Waals surface area contributed by atoms with Gasteiger partial charge in [-0.3, -0.25) is 24.0 Å². The third-order valence-electron chi connectivity index (χ3n) is 10.0. The summed E-state index contributed by atoms with van der Waals surface area (Å²) in [5.74, 6) is -3.23. The van der Waals surface area contributed by atoms with Crippen molar-refractivity contribution >= 4 is 40.6 Å². The van der Waals surface area contributed by atoms with Crippen LogP contribution in [0.1, 0.15) is 34.4 Å². The molecule has 0 saturated carbocycles. The third kappa shape index (κ3) is 12.0. The number of fused-ring (bicyclic) bond motifs is 16. The van der Waals surface area contributed by atoms with Crippen LogP contribution in [0.2, 0.25) is 0 Å². The average molecular weight is 786 g/mol. The minimum Gasteiger partial charge on any atom is -0.486 e. The molecule has 0 aliphatic carbocycles. The zero-order chi connectivity index (χ0) is 40.0. The number of ketones is 2. The molecule has 11 heteroatoms. The van der Waals surface area contributed by atoms with E-state index >= 15 is 0 Å². The van der Waals surface area contributed by atoms with Crippen molar-refractivity contribution in [3.05, 3.63) is 148 Å². The standard InChI is InChI=1S/C46H47N3O7S/c50-22-21-47-44(53)36-24-32-15-19-39(20-16-32)56-30-38(51)27-37(28-40-12-7-23-57-40)45(54)49-42(26-33-13-17-35(18-14-33)34-10-5-2-6-11-34)46(55)48-41(43(52)29-36)25-31-8-3-1-4-9-31/h1-20,23,36-37,41-42,50H,21-22,24-30H2,(H,47,53)(H,48,55)(H,49,54)/t36-,37+,41+,42-/m1/s1. The van der Waals surface area contributed by atoms with Gasteiger partial charge in [0.25, 0.3) is 0 Å². The molecule has 294 valence electrons.